The van der Waals surface area contributed by atoms with Crippen LogP contribution in [0.5, 0.6) is 0 Å². The molecule has 6 bridgehead atoms. The Labute approximate surface area is 389 Å². The molecule has 16 heteroatoms. The number of urea groups is 1. The van der Waals surface area contributed by atoms with Gasteiger partial charge in [0.2, 0.25) is 5.91 Å². The molecule has 4 atom stereocenters. The second kappa shape index (κ2) is 18.8. The van der Waals surface area contributed by atoms with E-state index >= 15 is 0 Å². The quantitative estimate of drug-likeness (QED) is 0.143. The first-order valence-corrected chi connectivity index (χ1v) is 24.7. The van der Waals surface area contributed by atoms with Crippen molar-refractivity contribution in [3.63, 3.8) is 0 Å². The molecular formula is C48H64BrN9O5S. The van der Waals surface area contributed by atoms with Crippen molar-refractivity contribution >= 4 is 62.0 Å². The number of alkyl halides is 1. The van der Waals surface area contributed by atoms with Crippen molar-refractivity contribution < 1.29 is 23.9 Å². The summed E-state index contributed by atoms with van der Waals surface area (Å²) in [6.07, 6.45) is 7.76. The minimum absolute atomic E-state index is 0.109. The van der Waals surface area contributed by atoms with E-state index in [4.69, 9.17) is 14.7 Å². The SMILES string of the molecule is CCn1c(-c2cccnc2C2CCCC2)c2c3cc(ccc31)-c1csc(n1)C[C@H](NC(=O)[C@H](C(C)C)N(C)C(=O)N1CC(N(C)C)C1)C(=O)N1CC(Br)C[C@H](N1)C(=O)OCC(C)(C)C2. The van der Waals surface area contributed by atoms with E-state index in [0.717, 1.165) is 58.5 Å². The number of hydrogen-bond acceptors (Lipinski definition) is 10. The number of benzene rings is 1. The summed E-state index contributed by atoms with van der Waals surface area (Å²) in [4.78, 5) is 72.1. The van der Waals surface area contributed by atoms with Crippen molar-refractivity contribution in [2.75, 3.05) is 47.4 Å². The molecule has 4 aromatic rings. The molecular weight excluding hydrogens is 895 g/mol. The van der Waals surface area contributed by atoms with E-state index in [-0.39, 0.29) is 42.4 Å². The number of amides is 4. The first-order chi connectivity index (χ1) is 30.5. The first-order valence-electron chi connectivity index (χ1n) is 23.0. The summed E-state index contributed by atoms with van der Waals surface area (Å²) in [5.74, 6) is -1.13. The van der Waals surface area contributed by atoms with E-state index < -0.39 is 41.3 Å². The van der Waals surface area contributed by atoms with Crippen molar-refractivity contribution in [1.29, 1.82) is 0 Å². The summed E-state index contributed by atoms with van der Waals surface area (Å²) >= 11 is 5.16. The standard InChI is InChI=1S/C48H64BrN9O5S/c1-9-57-39-17-16-30-19-34(39)35(43(57)33-15-12-18-50-41(33)29-13-10-11-14-29)22-48(4,5)27-63-46(61)37-20-31(49)23-58(53-37)45(60)36(21-40-51-38(30)26-64-40)52-44(59)42(28(2)3)55(8)47(62)56-24-32(25-56)54(6)7/h12,15-19,26,28-29,31-32,36-37,42,53H,9-11,13-14,20-25,27H2,1-8H3,(H,52,59)/t31?,36-,37-,42-/m0/s1. The minimum atomic E-state index is -1.05. The maximum atomic E-state index is 14.7. The molecule has 1 unspecified atom stereocenters. The van der Waals surface area contributed by atoms with Gasteiger partial charge >= 0.3 is 12.0 Å². The number of likely N-dealkylation sites (tertiary alicyclic amines) is 1. The number of aryl methyl sites for hydroxylation is 1. The van der Waals surface area contributed by atoms with Crippen LogP contribution in [0.15, 0.2) is 41.9 Å². The molecule has 4 amide bonds. The van der Waals surface area contributed by atoms with Gasteiger partial charge in [-0.25, -0.2) is 15.2 Å². The number of carbonyl (C=O) groups is 4. The Bertz CT molecular complexity index is 2380. The summed E-state index contributed by atoms with van der Waals surface area (Å²) in [5, 5.41) is 8.29. The molecule has 2 N–H and O–H groups in total. The molecule has 1 aromatic carbocycles. The first kappa shape index (κ1) is 46.2. The van der Waals surface area contributed by atoms with Gasteiger partial charge in [0.15, 0.2) is 0 Å². The number of halogens is 1. The number of fused-ring (bicyclic) bond motifs is 6. The van der Waals surface area contributed by atoms with Gasteiger partial charge in [-0.15, -0.1) is 11.3 Å². The lowest BCUT2D eigenvalue weighted by atomic mass is 9.83. The van der Waals surface area contributed by atoms with Crippen LogP contribution in [0.25, 0.3) is 33.4 Å². The Morgan fingerprint density at radius 1 is 1.09 bits per heavy atom. The van der Waals surface area contributed by atoms with Crippen molar-refractivity contribution in [2.24, 2.45) is 11.3 Å². The molecule has 1 saturated carbocycles. The highest BCUT2D eigenvalue weighted by Gasteiger charge is 2.42. The Hall–Kier alpha value is -4.38. The molecule has 3 aromatic heterocycles. The van der Waals surface area contributed by atoms with Crippen molar-refractivity contribution in [1.82, 2.24) is 45.0 Å². The number of likely N-dealkylation sites (N-methyl/N-ethyl adjacent to an activating group) is 2. The number of nitrogens with zero attached hydrogens (tertiary/aromatic N) is 7. The number of ether oxygens (including phenoxy) is 1. The number of esters is 1. The van der Waals surface area contributed by atoms with Crippen molar-refractivity contribution in [3.8, 4) is 22.5 Å². The molecule has 3 fully saturated rings. The number of hydrogen-bond donors (Lipinski definition) is 2. The second-order valence-corrected chi connectivity index (χ2v) is 21.9. The van der Waals surface area contributed by atoms with Crippen molar-refractivity contribution in [2.45, 2.75) is 121 Å². The topological polar surface area (TPSA) is 145 Å². The molecule has 3 aliphatic heterocycles. The predicted octanol–water partition coefficient (Wildman–Crippen LogP) is 6.85. The largest absolute Gasteiger partial charge is 0.464 e. The molecule has 344 valence electrons. The van der Waals surface area contributed by atoms with Gasteiger partial charge in [0.25, 0.3) is 5.91 Å². The van der Waals surface area contributed by atoms with E-state index in [0.29, 0.717) is 36.9 Å². The van der Waals surface area contributed by atoms with Crippen molar-refractivity contribution in [3.05, 3.63) is 58.2 Å². The highest BCUT2D eigenvalue weighted by Crippen LogP contribution is 2.44. The molecule has 0 spiro atoms. The van der Waals surface area contributed by atoms with Gasteiger partial charge in [-0.1, -0.05) is 62.5 Å². The fourth-order valence-corrected chi connectivity index (χ4v) is 11.6. The summed E-state index contributed by atoms with van der Waals surface area (Å²) < 4.78 is 8.59. The number of hydrazine groups is 1. The van der Waals surface area contributed by atoms with Gasteiger partial charge in [-0.05, 0) is 82.4 Å². The fraction of sp³-hybridized carbons (Fsp3) is 0.583. The maximum Gasteiger partial charge on any atom is 0.325 e. The summed E-state index contributed by atoms with van der Waals surface area (Å²) in [7, 11) is 5.63. The van der Waals surface area contributed by atoms with Crippen LogP contribution < -0.4 is 10.7 Å². The van der Waals surface area contributed by atoms with Crippen LogP contribution in [0.4, 0.5) is 4.79 Å². The number of thiazole rings is 1. The number of pyridine rings is 1. The third-order valence-electron chi connectivity index (χ3n) is 13.6. The van der Waals surface area contributed by atoms with Gasteiger partial charge in [-0.2, -0.15) is 0 Å². The highest BCUT2D eigenvalue weighted by atomic mass is 79.9. The predicted molar refractivity (Wildman–Crippen MR) is 254 cm³/mol. The van der Waals surface area contributed by atoms with E-state index in [1.54, 1.807) is 11.9 Å². The van der Waals surface area contributed by atoms with Crippen LogP contribution >= 0.6 is 27.3 Å². The Morgan fingerprint density at radius 3 is 2.55 bits per heavy atom. The maximum absolute atomic E-state index is 14.7. The molecule has 4 aliphatic rings. The van der Waals surface area contributed by atoms with E-state index in [1.807, 2.05) is 45.6 Å². The monoisotopic (exact) mass is 957 g/mol. The molecule has 2 saturated heterocycles. The number of carbonyl (C=O) groups excluding carboxylic acids is 4. The average Bonchev–Trinajstić information content (AvgIpc) is 4.01. The number of aromatic nitrogens is 3. The van der Waals surface area contributed by atoms with E-state index in [9.17, 15) is 19.2 Å². The average molecular weight is 959 g/mol. The third kappa shape index (κ3) is 9.34. The molecule has 0 radical (unpaired) electrons. The van der Waals surface area contributed by atoms with Crippen LogP contribution in [0.3, 0.4) is 0 Å². The summed E-state index contributed by atoms with van der Waals surface area (Å²) in [6, 6.07) is 8.13. The van der Waals surface area contributed by atoms with Crippen LogP contribution in [0.2, 0.25) is 0 Å². The third-order valence-corrected chi connectivity index (χ3v) is 15.2. The number of cyclic esters (lactones) is 1. The zero-order valence-electron chi connectivity index (χ0n) is 38.5. The minimum Gasteiger partial charge on any atom is -0.464 e. The van der Waals surface area contributed by atoms with Gasteiger partial charge < -0.3 is 29.3 Å². The van der Waals surface area contributed by atoms with Crippen LogP contribution in [-0.2, 0) is 38.5 Å². The Kier molecular flexibility index (Phi) is 13.6. The van der Waals surface area contributed by atoms with E-state index in [2.05, 4.69) is 81.2 Å². The highest BCUT2D eigenvalue weighted by molar-refractivity contribution is 9.09. The van der Waals surface area contributed by atoms with Crippen LogP contribution in [0.1, 0.15) is 88.9 Å². The van der Waals surface area contributed by atoms with Gasteiger partial charge in [0.05, 0.1) is 28.7 Å². The summed E-state index contributed by atoms with van der Waals surface area (Å²) in [6.45, 7) is 12.6. The molecule has 64 heavy (non-hydrogen) atoms. The lowest BCUT2D eigenvalue weighted by Crippen LogP contribution is -2.65. The summed E-state index contributed by atoms with van der Waals surface area (Å²) in [5.41, 5.74) is 10.2. The lowest BCUT2D eigenvalue weighted by Gasteiger charge is -2.45. The van der Waals surface area contributed by atoms with E-state index in [1.165, 1.54) is 39.7 Å². The van der Waals surface area contributed by atoms with Crippen LogP contribution in [-0.4, -0.2) is 134 Å². The fourth-order valence-electron chi connectivity index (χ4n) is 10.1. The Balaban J connectivity index is 1.18. The number of rotatable bonds is 8. The zero-order valence-corrected chi connectivity index (χ0v) is 40.9. The molecule has 1 aliphatic carbocycles. The molecule has 8 rings (SSSR count). The smallest absolute Gasteiger partial charge is 0.325 e. The zero-order chi connectivity index (χ0) is 45.6. The second-order valence-electron chi connectivity index (χ2n) is 19.6. The normalized spacial score (nSPS) is 22.7. The lowest BCUT2D eigenvalue weighted by molar-refractivity contribution is -0.155. The Morgan fingerprint density at radius 2 is 1.84 bits per heavy atom. The van der Waals surface area contributed by atoms with Gasteiger partial charge in [-0.3, -0.25) is 24.4 Å². The van der Waals surface area contributed by atoms with Gasteiger partial charge in [0.1, 0.15) is 18.1 Å². The molecule has 6 heterocycles. The molecule has 14 nitrogen and oxygen atoms in total. The van der Waals surface area contributed by atoms with Crippen LogP contribution in [0, 0.1) is 11.3 Å². The van der Waals surface area contributed by atoms with Gasteiger partial charge in [0, 0.05) is 95.5 Å². The number of nitrogens with one attached hydrogen (secondary N) is 2.